The van der Waals surface area contributed by atoms with Crippen LogP contribution in [-0.4, -0.2) is 36.3 Å². The van der Waals surface area contributed by atoms with Crippen LogP contribution in [0.25, 0.3) is 11.4 Å². The molecule has 2 aromatic heterocycles. The van der Waals surface area contributed by atoms with Crippen molar-refractivity contribution in [1.29, 1.82) is 0 Å². The van der Waals surface area contributed by atoms with Crippen molar-refractivity contribution in [2.75, 3.05) is 11.1 Å². The molecule has 27 heavy (non-hydrogen) atoms. The Labute approximate surface area is 159 Å². The van der Waals surface area contributed by atoms with Crippen LogP contribution < -0.4 is 5.32 Å². The van der Waals surface area contributed by atoms with Crippen molar-refractivity contribution in [1.82, 2.24) is 19.7 Å². The number of rotatable bonds is 7. The first-order chi connectivity index (χ1) is 13.1. The number of hydrogen-bond donors (Lipinski definition) is 1. The predicted molar refractivity (Wildman–Crippen MR) is 101 cm³/mol. The van der Waals surface area contributed by atoms with Crippen LogP contribution in [0, 0.1) is 10.1 Å². The minimum Gasteiger partial charge on any atom is -0.325 e. The van der Waals surface area contributed by atoms with E-state index in [2.05, 4.69) is 20.5 Å². The Kier molecular flexibility index (Phi) is 5.77. The van der Waals surface area contributed by atoms with E-state index in [1.54, 1.807) is 4.57 Å². The first-order valence-electron chi connectivity index (χ1n) is 8.09. The topological polar surface area (TPSA) is 116 Å². The number of pyridine rings is 1. The number of nitrogens with zero attached hydrogens (tertiary/aromatic N) is 5. The quantitative estimate of drug-likeness (QED) is 0.378. The fourth-order valence-corrected chi connectivity index (χ4v) is 3.19. The second kappa shape index (κ2) is 8.41. The Hall–Kier alpha value is -3.27. The summed E-state index contributed by atoms with van der Waals surface area (Å²) in [6, 6.07) is 10.6. The zero-order valence-corrected chi connectivity index (χ0v) is 15.2. The number of benzene rings is 1. The van der Waals surface area contributed by atoms with Crippen molar-refractivity contribution in [3.63, 3.8) is 0 Å². The van der Waals surface area contributed by atoms with Crippen LogP contribution in [0.3, 0.4) is 0 Å². The van der Waals surface area contributed by atoms with Crippen LogP contribution in [0.1, 0.15) is 6.92 Å². The average molecular weight is 384 g/mol. The summed E-state index contributed by atoms with van der Waals surface area (Å²) in [6.07, 6.45) is 2.68. The minimum absolute atomic E-state index is 0.116. The average Bonchev–Trinajstić information content (AvgIpc) is 3.10. The predicted octanol–water partition coefficient (Wildman–Crippen LogP) is 3.00. The van der Waals surface area contributed by atoms with Gasteiger partial charge in [0.1, 0.15) is 6.20 Å². The highest BCUT2D eigenvalue weighted by atomic mass is 32.2. The molecule has 2 heterocycles. The van der Waals surface area contributed by atoms with Crippen LogP contribution in [-0.2, 0) is 11.3 Å². The summed E-state index contributed by atoms with van der Waals surface area (Å²) in [4.78, 5) is 26.4. The summed E-state index contributed by atoms with van der Waals surface area (Å²) in [5.74, 6) is 0.482. The summed E-state index contributed by atoms with van der Waals surface area (Å²) in [5.41, 5.74) is 1.11. The molecule has 3 rings (SSSR count). The Balaban J connectivity index is 1.73. The van der Waals surface area contributed by atoms with Crippen molar-refractivity contribution < 1.29 is 9.72 Å². The van der Waals surface area contributed by atoms with E-state index in [1.807, 2.05) is 37.3 Å². The van der Waals surface area contributed by atoms with E-state index in [4.69, 9.17) is 0 Å². The molecule has 0 spiro atoms. The SMILES string of the molecule is CCn1c(SCC(=O)Nc2ccccc2)nnc1-c1cncc([N+](=O)[O-])c1. The molecule has 1 aromatic carbocycles. The number of aromatic nitrogens is 4. The number of hydrogen-bond acceptors (Lipinski definition) is 7. The molecule has 10 heteroatoms. The van der Waals surface area contributed by atoms with Gasteiger partial charge in [0, 0.05) is 30.1 Å². The monoisotopic (exact) mass is 384 g/mol. The molecule has 9 nitrogen and oxygen atoms in total. The van der Waals surface area contributed by atoms with E-state index in [0.29, 0.717) is 23.1 Å². The molecular weight excluding hydrogens is 368 g/mol. The Morgan fingerprint density at radius 3 is 2.74 bits per heavy atom. The lowest BCUT2D eigenvalue weighted by atomic mass is 10.2. The number of carbonyl (C=O) groups excluding carboxylic acids is 1. The number of carbonyl (C=O) groups is 1. The van der Waals surface area contributed by atoms with Crippen molar-refractivity contribution in [2.45, 2.75) is 18.6 Å². The number of nitro groups is 1. The van der Waals surface area contributed by atoms with Gasteiger partial charge in [-0.2, -0.15) is 0 Å². The zero-order valence-electron chi connectivity index (χ0n) is 14.4. The summed E-state index contributed by atoms with van der Waals surface area (Å²) < 4.78 is 1.79. The molecule has 0 saturated carbocycles. The summed E-state index contributed by atoms with van der Waals surface area (Å²) in [5, 5.41) is 22.5. The highest BCUT2D eigenvalue weighted by Gasteiger charge is 2.17. The third-order valence-electron chi connectivity index (χ3n) is 3.62. The Morgan fingerprint density at radius 2 is 2.04 bits per heavy atom. The van der Waals surface area contributed by atoms with E-state index in [0.717, 1.165) is 5.69 Å². The summed E-state index contributed by atoms with van der Waals surface area (Å²) >= 11 is 1.25. The van der Waals surface area contributed by atoms with Crippen LogP contribution in [0.15, 0.2) is 53.9 Å². The van der Waals surface area contributed by atoms with Gasteiger partial charge in [-0.15, -0.1) is 10.2 Å². The molecule has 0 aliphatic rings. The second-order valence-electron chi connectivity index (χ2n) is 5.44. The molecule has 138 valence electrons. The molecule has 0 saturated heterocycles. The standard InChI is InChI=1S/C17H16N6O3S/c1-2-22-16(12-8-14(23(25)26)10-18-9-12)20-21-17(22)27-11-15(24)19-13-6-4-3-5-7-13/h3-10H,2,11H2,1H3,(H,19,24). The van der Waals surface area contributed by atoms with E-state index < -0.39 is 4.92 Å². The molecule has 0 fully saturated rings. The van der Waals surface area contributed by atoms with E-state index >= 15 is 0 Å². The van der Waals surface area contributed by atoms with Crippen molar-refractivity contribution in [3.8, 4) is 11.4 Å². The van der Waals surface area contributed by atoms with Crippen LogP contribution in [0.2, 0.25) is 0 Å². The Bertz CT molecular complexity index is 960. The Morgan fingerprint density at radius 1 is 1.26 bits per heavy atom. The lowest BCUT2D eigenvalue weighted by Gasteiger charge is -2.07. The highest BCUT2D eigenvalue weighted by Crippen LogP contribution is 2.25. The fourth-order valence-electron chi connectivity index (χ4n) is 2.39. The molecular formula is C17H16N6O3S. The van der Waals surface area contributed by atoms with Gasteiger partial charge in [0.25, 0.3) is 5.69 Å². The third-order valence-corrected chi connectivity index (χ3v) is 4.58. The molecule has 0 radical (unpaired) electrons. The van der Waals surface area contributed by atoms with Crippen molar-refractivity contribution in [3.05, 3.63) is 58.9 Å². The molecule has 3 aromatic rings. The van der Waals surface area contributed by atoms with Crippen LogP contribution in [0.5, 0.6) is 0 Å². The number of amides is 1. The highest BCUT2D eigenvalue weighted by molar-refractivity contribution is 7.99. The largest absolute Gasteiger partial charge is 0.325 e. The number of thioether (sulfide) groups is 1. The van der Waals surface area contributed by atoms with Gasteiger partial charge in [0.05, 0.1) is 10.7 Å². The molecule has 0 unspecified atom stereocenters. The van der Waals surface area contributed by atoms with E-state index in [1.165, 1.54) is 30.2 Å². The molecule has 1 N–H and O–H groups in total. The van der Waals surface area contributed by atoms with Gasteiger partial charge in [-0.3, -0.25) is 19.9 Å². The zero-order chi connectivity index (χ0) is 19.2. The second-order valence-corrected chi connectivity index (χ2v) is 6.38. The molecule has 1 amide bonds. The lowest BCUT2D eigenvalue weighted by molar-refractivity contribution is -0.385. The van der Waals surface area contributed by atoms with Gasteiger partial charge in [0.15, 0.2) is 11.0 Å². The third kappa shape index (κ3) is 4.47. The molecule has 0 atom stereocenters. The lowest BCUT2D eigenvalue weighted by Crippen LogP contribution is -2.14. The first kappa shape index (κ1) is 18.5. The molecule has 0 aliphatic carbocycles. The molecule has 0 aliphatic heterocycles. The normalized spacial score (nSPS) is 10.6. The maximum absolute atomic E-state index is 12.1. The fraction of sp³-hybridized carbons (Fsp3) is 0.176. The van der Waals surface area contributed by atoms with Gasteiger partial charge < -0.3 is 9.88 Å². The molecule has 0 bridgehead atoms. The van der Waals surface area contributed by atoms with E-state index in [9.17, 15) is 14.9 Å². The number of para-hydroxylation sites is 1. The van der Waals surface area contributed by atoms with Gasteiger partial charge in [-0.05, 0) is 19.1 Å². The maximum atomic E-state index is 12.1. The van der Waals surface area contributed by atoms with Crippen molar-refractivity contribution in [2.24, 2.45) is 0 Å². The van der Waals surface area contributed by atoms with Crippen molar-refractivity contribution >= 4 is 29.0 Å². The number of anilines is 1. The summed E-state index contributed by atoms with van der Waals surface area (Å²) in [7, 11) is 0. The maximum Gasteiger partial charge on any atom is 0.288 e. The van der Waals surface area contributed by atoms with Gasteiger partial charge >= 0.3 is 0 Å². The van der Waals surface area contributed by atoms with Gasteiger partial charge in [-0.1, -0.05) is 30.0 Å². The minimum atomic E-state index is -0.507. The van der Waals surface area contributed by atoms with Gasteiger partial charge in [-0.25, -0.2) is 0 Å². The van der Waals surface area contributed by atoms with E-state index in [-0.39, 0.29) is 17.3 Å². The number of nitrogens with one attached hydrogen (secondary N) is 1. The van der Waals surface area contributed by atoms with Crippen LogP contribution in [0.4, 0.5) is 11.4 Å². The summed E-state index contributed by atoms with van der Waals surface area (Å²) in [6.45, 7) is 2.46. The first-order valence-corrected chi connectivity index (χ1v) is 9.07. The van der Waals surface area contributed by atoms with Gasteiger partial charge in [0.2, 0.25) is 5.91 Å². The van der Waals surface area contributed by atoms with Crippen LogP contribution >= 0.6 is 11.8 Å². The smallest absolute Gasteiger partial charge is 0.288 e.